The minimum absolute atomic E-state index is 0.692. The van der Waals surface area contributed by atoms with Crippen LogP contribution in [0.4, 0.5) is 17.2 Å². The smallest absolute Gasteiger partial charge is 0.141 e. The van der Waals surface area contributed by atoms with Crippen LogP contribution in [-0.4, -0.2) is 29.0 Å². The Kier molecular flexibility index (Phi) is 4.45. The van der Waals surface area contributed by atoms with Crippen LogP contribution in [0.1, 0.15) is 5.56 Å². The monoisotopic (exact) mass is 371 g/mol. The molecule has 0 aliphatic rings. The normalized spacial score (nSPS) is 11.1. The first-order valence-corrected chi connectivity index (χ1v) is 8.02. The lowest BCUT2D eigenvalue weighted by atomic mass is 10.2. The molecule has 3 rings (SSSR count). The molecular weight excluding hydrogens is 354 g/mol. The van der Waals surface area contributed by atoms with E-state index in [0.29, 0.717) is 5.69 Å². The second-order valence-corrected chi connectivity index (χ2v) is 6.52. The first-order valence-electron chi connectivity index (χ1n) is 7.23. The summed E-state index contributed by atoms with van der Waals surface area (Å²) in [6.45, 7) is 0.883. The molecule has 1 heterocycles. The second kappa shape index (κ2) is 6.52. The van der Waals surface area contributed by atoms with Crippen molar-refractivity contribution in [3.63, 3.8) is 0 Å². The lowest BCUT2D eigenvalue weighted by molar-refractivity contribution is 0.401. The highest BCUT2D eigenvalue weighted by Crippen LogP contribution is 2.28. The van der Waals surface area contributed by atoms with Crippen molar-refractivity contribution >= 4 is 44.0 Å². The van der Waals surface area contributed by atoms with Crippen molar-refractivity contribution in [3.8, 4) is 0 Å². The fourth-order valence-electron chi connectivity index (χ4n) is 2.40. The molecule has 0 bridgehead atoms. The lowest BCUT2D eigenvalue weighted by Gasteiger charge is -2.13. The van der Waals surface area contributed by atoms with Gasteiger partial charge < -0.3 is 16.0 Å². The summed E-state index contributed by atoms with van der Waals surface area (Å²) in [6, 6.07) is 11.8. The molecule has 0 aliphatic heterocycles. The Bertz CT molecular complexity index is 848. The zero-order valence-electron chi connectivity index (χ0n) is 13.0. The average molecular weight is 372 g/mol. The SMILES string of the molecule is CN(C)Cc1ccc(Nc2ncnc3ccc(N)cc23)cc1Br. The van der Waals surface area contributed by atoms with Gasteiger partial charge >= 0.3 is 0 Å². The molecule has 0 saturated carbocycles. The predicted molar refractivity (Wildman–Crippen MR) is 98.8 cm³/mol. The minimum Gasteiger partial charge on any atom is -0.399 e. The molecule has 0 unspecified atom stereocenters. The van der Waals surface area contributed by atoms with Gasteiger partial charge in [0.15, 0.2) is 0 Å². The summed E-state index contributed by atoms with van der Waals surface area (Å²) >= 11 is 3.63. The molecular formula is C17H18BrN5. The summed E-state index contributed by atoms with van der Waals surface area (Å²) in [5.41, 5.74) is 9.63. The number of rotatable bonds is 4. The molecule has 2 aromatic carbocycles. The molecule has 23 heavy (non-hydrogen) atoms. The maximum atomic E-state index is 5.88. The van der Waals surface area contributed by atoms with Gasteiger partial charge in [0.25, 0.3) is 0 Å². The van der Waals surface area contributed by atoms with E-state index in [4.69, 9.17) is 5.73 Å². The summed E-state index contributed by atoms with van der Waals surface area (Å²) in [7, 11) is 4.10. The molecule has 0 amide bonds. The Morgan fingerprint density at radius 3 is 2.70 bits per heavy atom. The van der Waals surface area contributed by atoms with Crippen molar-refractivity contribution in [1.29, 1.82) is 0 Å². The van der Waals surface area contributed by atoms with E-state index in [1.807, 2.05) is 24.3 Å². The number of benzene rings is 2. The van der Waals surface area contributed by atoms with Gasteiger partial charge in [-0.2, -0.15) is 0 Å². The topological polar surface area (TPSA) is 67.1 Å². The summed E-state index contributed by atoms with van der Waals surface area (Å²) in [4.78, 5) is 10.7. The number of fused-ring (bicyclic) bond motifs is 1. The van der Waals surface area contributed by atoms with Crippen molar-refractivity contribution in [1.82, 2.24) is 14.9 Å². The Labute approximate surface area is 143 Å². The fourth-order valence-corrected chi connectivity index (χ4v) is 2.91. The van der Waals surface area contributed by atoms with Crippen LogP contribution < -0.4 is 11.1 Å². The zero-order chi connectivity index (χ0) is 16.4. The van der Waals surface area contributed by atoms with Crippen LogP contribution in [0.5, 0.6) is 0 Å². The van der Waals surface area contributed by atoms with Gasteiger partial charge in [-0.25, -0.2) is 9.97 Å². The molecule has 0 fully saturated rings. The first-order chi connectivity index (χ1) is 11.0. The highest BCUT2D eigenvalue weighted by Gasteiger charge is 2.07. The Balaban J connectivity index is 1.93. The highest BCUT2D eigenvalue weighted by atomic mass is 79.9. The van der Waals surface area contributed by atoms with Crippen molar-refractivity contribution in [2.45, 2.75) is 6.54 Å². The third-order valence-electron chi connectivity index (χ3n) is 3.46. The average Bonchev–Trinajstić information content (AvgIpc) is 2.50. The van der Waals surface area contributed by atoms with E-state index in [-0.39, 0.29) is 0 Å². The van der Waals surface area contributed by atoms with Gasteiger partial charge in [0.2, 0.25) is 0 Å². The highest BCUT2D eigenvalue weighted by molar-refractivity contribution is 9.10. The lowest BCUT2D eigenvalue weighted by Crippen LogP contribution is -2.11. The summed E-state index contributed by atoms with van der Waals surface area (Å²) in [5.74, 6) is 0.745. The predicted octanol–water partition coefficient (Wildman–Crippen LogP) is 3.78. The minimum atomic E-state index is 0.692. The number of nitrogens with zero attached hydrogens (tertiary/aromatic N) is 3. The molecule has 0 spiro atoms. The van der Waals surface area contributed by atoms with Crippen LogP contribution in [0.2, 0.25) is 0 Å². The molecule has 118 valence electrons. The van der Waals surface area contributed by atoms with Crippen LogP contribution in [0.25, 0.3) is 10.9 Å². The molecule has 6 heteroatoms. The summed E-state index contributed by atoms with van der Waals surface area (Å²) in [6.07, 6.45) is 1.55. The molecule has 5 nitrogen and oxygen atoms in total. The molecule has 0 radical (unpaired) electrons. The molecule has 1 aromatic heterocycles. The molecule has 0 aliphatic carbocycles. The van der Waals surface area contributed by atoms with E-state index >= 15 is 0 Å². The van der Waals surface area contributed by atoms with E-state index in [0.717, 1.165) is 33.4 Å². The molecule has 3 aromatic rings. The van der Waals surface area contributed by atoms with Gasteiger partial charge in [-0.15, -0.1) is 0 Å². The maximum absolute atomic E-state index is 5.88. The second-order valence-electron chi connectivity index (χ2n) is 5.67. The maximum Gasteiger partial charge on any atom is 0.141 e. The van der Waals surface area contributed by atoms with Gasteiger partial charge in [0.1, 0.15) is 12.1 Å². The molecule has 0 saturated heterocycles. The third kappa shape index (κ3) is 3.60. The van der Waals surface area contributed by atoms with Crippen LogP contribution in [0, 0.1) is 0 Å². The third-order valence-corrected chi connectivity index (χ3v) is 4.20. The molecule has 0 atom stereocenters. The number of anilines is 3. The zero-order valence-corrected chi connectivity index (χ0v) is 14.6. The Morgan fingerprint density at radius 2 is 1.96 bits per heavy atom. The van der Waals surface area contributed by atoms with Gasteiger partial charge in [0.05, 0.1) is 5.52 Å². The number of hydrogen-bond donors (Lipinski definition) is 2. The van der Waals surface area contributed by atoms with Gasteiger partial charge in [-0.05, 0) is 50.0 Å². The van der Waals surface area contributed by atoms with E-state index < -0.39 is 0 Å². The number of nitrogens with one attached hydrogen (secondary N) is 1. The standard InChI is InChI=1S/C17H18BrN5/c1-23(2)9-11-3-5-13(8-15(11)18)22-17-14-7-12(19)4-6-16(14)20-10-21-17/h3-8,10H,9,19H2,1-2H3,(H,20,21,22). The Morgan fingerprint density at radius 1 is 1.13 bits per heavy atom. The van der Waals surface area contributed by atoms with Crippen molar-refractivity contribution in [2.75, 3.05) is 25.1 Å². The van der Waals surface area contributed by atoms with E-state index in [1.165, 1.54) is 5.56 Å². The number of halogens is 1. The van der Waals surface area contributed by atoms with Gasteiger partial charge in [-0.1, -0.05) is 22.0 Å². The number of hydrogen-bond acceptors (Lipinski definition) is 5. The first kappa shape index (κ1) is 15.7. The quantitative estimate of drug-likeness (QED) is 0.683. The van der Waals surface area contributed by atoms with E-state index in [1.54, 1.807) is 6.33 Å². The van der Waals surface area contributed by atoms with Crippen LogP contribution in [0.3, 0.4) is 0 Å². The van der Waals surface area contributed by atoms with Crippen molar-refractivity contribution in [2.24, 2.45) is 0 Å². The molecule has 3 N–H and O–H groups in total. The van der Waals surface area contributed by atoms with Crippen LogP contribution in [-0.2, 0) is 6.54 Å². The van der Waals surface area contributed by atoms with E-state index in [2.05, 4.69) is 62.3 Å². The van der Waals surface area contributed by atoms with E-state index in [9.17, 15) is 0 Å². The summed E-state index contributed by atoms with van der Waals surface area (Å²) < 4.78 is 1.06. The largest absolute Gasteiger partial charge is 0.399 e. The Hall–Kier alpha value is -2.18. The summed E-state index contributed by atoms with van der Waals surface area (Å²) in [5, 5.41) is 4.25. The van der Waals surface area contributed by atoms with Crippen molar-refractivity contribution in [3.05, 3.63) is 52.8 Å². The number of nitrogen functional groups attached to an aromatic ring is 1. The fraction of sp³-hybridized carbons (Fsp3) is 0.176. The number of nitrogens with two attached hydrogens (primary N) is 1. The van der Waals surface area contributed by atoms with Crippen molar-refractivity contribution < 1.29 is 0 Å². The number of aromatic nitrogens is 2. The van der Waals surface area contributed by atoms with Crippen LogP contribution >= 0.6 is 15.9 Å². The van der Waals surface area contributed by atoms with Crippen LogP contribution in [0.15, 0.2) is 47.2 Å². The van der Waals surface area contributed by atoms with Gasteiger partial charge in [-0.3, -0.25) is 0 Å². The van der Waals surface area contributed by atoms with Gasteiger partial charge in [0, 0.05) is 27.8 Å².